The molecule has 26 heavy (non-hydrogen) atoms. The number of aryl methyl sites for hydroxylation is 1. The zero-order chi connectivity index (χ0) is 18.8. The van der Waals surface area contributed by atoms with E-state index in [0.717, 1.165) is 16.2 Å². The summed E-state index contributed by atoms with van der Waals surface area (Å²) in [5.74, 6) is 0. The number of nitro groups is 1. The minimum Gasteiger partial charge on any atom is -0.399 e. The Bertz CT molecular complexity index is 908. The Kier molecular flexibility index (Phi) is 7.27. The predicted octanol–water partition coefficient (Wildman–Crippen LogP) is 5.47. The highest BCUT2D eigenvalue weighted by molar-refractivity contribution is 7.18. The zero-order valence-electron chi connectivity index (χ0n) is 14.3. The first-order chi connectivity index (χ1) is 12.6. The van der Waals surface area contributed by atoms with Gasteiger partial charge in [-0.05, 0) is 31.2 Å². The Balaban J connectivity index is 0.000000143. The fourth-order valence-corrected chi connectivity index (χ4v) is 2.82. The normalized spacial score (nSPS) is 9.42. The standard InChI is InChI=1S/C8H7NS.C6H5NO2.C6H7N/c1-6-9-7-4-2-3-5-8(7)10-6;8-7(9)6-4-2-1-3-5-6;7-6-4-2-1-3-5-6/h2-5H,1H3;1-5H;1-5H,7H2. The second-order valence-electron chi connectivity index (χ2n) is 5.20. The maximum absolute atomic E-state index is 10.0. The van der Waals surface area contributed by atoms with Crippen molar-refractivity contribution in [3.8, 4) is 0 Å². The molecular weight excluding hydrogens is 346 g/mol. The molecule has 0 amide bonds. The van der Waals surface area contributed by atoms with Crippen LogP contribution < -0.4 is 5.73 Å². The maximum Gasteiger partial charge on any atom is 0.269 e. The summed E-state index contributed by atoms with van der Waals surface area (Å²) in [7, 11) is 0. The molecule has 0 aliphatic heterocycles. The van der Waals surface area contributed by atoms with E-state index in [2.05, 4.69) is 11.1 Å². The van der Waals surface area contributed by atoms with Gasteiger partial charge in [0.1, 0.15) is 0 Å². The number of thiazole rings is 1. The third-order valence-corrected chi connectivity index (χ3v) is 4.12. The second-order valence-corrected chi connectivity index (χ2v) is 6.44. The number of aromatic nitrogens is 1. The van der Waals surface area contributed by atoms with Crippen molar-refractivity contribution in [3.05, 3.63) is 100 Å². The van der Waals surface area contributed by atoms with Crippen LogP contribution in [0.3, 0.4) is 0 Å². The van der Waals surface area contributed by atoms with Gasteiger partial charge in [0, 0.05) is 17.8 Å². The van der Waals surface area contributed by atoms with E-state index in [1.807, 2.05) is 55.5 Å². The van der Waals surface area contributed by atoms with Gasteiger partial charge in [-0.2, -0.15) is 0 Å². The molecule has 0 unspecified atom stereocenters. The van der Waals surface area contributed by atoms with Crippen molar-refractivity contribution in [2.24, 2.45) is 0 Å². The monoisotopic (exact) mass is 365 g/mol. The van der Waals surface area contributed by atoms with Gasteiger partial charge >= 0.3 is 0 Å². The van der Waals surface area contributed by atoms with E-state index in [-0.39, 0.29) is 5.69 Å². The molecule has 0 radical (unpaired) electrons. The molecule has 4 rings (SSSR count). The fourth-order valence-electron chi connectivity index (χ4n) is 1.99. The number of para-hydroxylation sites is 3. The number of hydrogen-bond donors (Lipinski definition) is 1. The van der Waals surface area contributed by atoms with E-state index < -0.39 is 4.92 Å². The Hall–Kier alpha value is -3.25. The number of non-ortho nitro benzene ring substituents is 1. The smallest absolute Gasteiger partial charge is 0.269 e. The van der Waals surface area contributed by atoms with E-state index in [1.165, 1.54) is 16.8 Å². The summed E-state index contributed by atoms with van der Waals surface area (Å²) in [6, 6.07) is 25.6. The van der Waals surface area contributed by atoms with Crippen molar-refractivity contribution < 1.29 is 4.92 Å². The quantitative estimate of drug-likeness (QED) is 0.275. The first-order valence-corrected chi connectivity index (χ1v) is 8.70. The fraction of sp³-hybridized carbons (Fsp3) is 0.0500. The molecular formula is C20H19N3O2S. The molecule has 6 heteroatoms. The lowest BCUT2D eigenvalue weighted by molar-refractivity contribution is -0.384. The molecule has 0 saturated heterocycles. The van der Waals surface area contributed by atoms with Gasteiger partial charge in [0.15, 0.2) is 0 Å². The van der Waals surface area contributed by atoms with Crippen molar-refractivity contribution >= 4 is 32.9 Å². The van der Waals surface area contributed by atoms with E-state index in [4.69, 9.17) is 5.73 Å². The molecule has 0 bridgehead atoms. The van der Waals surface area contributed by atoms with Crippen molar-refractivity contribution in [3.63, 3.8) is 0 Å². The number of nitro benzene ring substituents is 1. The minimum absolute atomic E-state index is 0.137. The predicted molar refractivity (Wildman–Crippen MR) is 108 cm³/mol. The molecule has 1 heterocycles. The molecule has 3 aromatic carbocycles. The number of hydrogen-bond acceptors (Lipinski definition) is 5. The minimum atomic E-state index is -0.417. The molecule has 0 fully saturated rings. The van der Waals surface area contributed by atoms with Gasteiger partial charge in [-0.1, -0.05) is 48.5 Å². The van der Waals surface area contributed by atoms with Crippen LogP contribution in [0.5, 0.6) is 0 Å². The number of benzene rings is 3. The summed E-state index contributed by atoms with van der Waals surface area (Å²) < 4.78 is 1.28. The van der Waals surface area contributed by atoms with E-state index in [1.54, 1.807) is 29.5 Å². The third kappa shape index (κ3) is 6.33. The van der Waals surface area contributed by atoms with Crippen LogP contribution in [0.1, 0.15) is 5.01 Å². The number of nitrogens with zero attached hydrogens (tertiary/aromatic N) is 2. The van der Waals surface area contributed by atoms with Gasteiger partial charge in [-0.15, -0.1) is 11.3 Å². The molecule has 0 aliphatic rings. The van der Waals surface area contributed by atoms with E-state index >= 15 is 0 Å². The number of anilines is 1. The first kappa shape index (κ1) is 19.1. The van der Waals surface area contributed by atoms with Crippen LogP contribution in [0.15, 0.2) is 84.9 Å². The van der Waals surface area contributed by atoms with Crippen molar-refractivity contribution in [2.75, 3.05) is 5.73 Å². The van der Waals surface area contributed by atoms with Crippen LogP contribution in [0.4, 0.5) is 11.4 Å². The average molecular weight is 365 g/mol. The van der Waals surface area contributed by atoms with E-state index in [9.17, 15) is 10.1 Å². The number of nitrogen functional groups attached to an aromatic ring is 1. The van der Waals surface area contributed by atoms with Gasteiger partial charge in [-0.3, -0.25) is 10.1 Å². The van der Waals surface area contributed by atoms with Crippen LogP contribution in [0.2, 0.25) is 0 Å². The number of rotatable bonds is 1. The van der Waals surface area contributed by atoms with Gasteiger partial charge in [-0.25, -0.2) is 4.98 Å². The molecule has 5 nitrogen and oxygen atoms in total. The summed E-state index contributed by atoms with van der Waals surface area (Å²) in [6.45, 7) is 2.03. The molecule has 2 N–H and O–H groups in total. The summed E-state index contributed by atoms with van der Waals surface area (Å²) >= 11 is 1.74. The van der Waals surface area contributed by atoms with Crippen molar-refractivity contribution in [2.45, 2.75) is 6.92 Å². The van der Waals surface area contributed by atoms with Crippen molar-refractivity contribution in [1.82, 2.24) is 4.98 Å². The molecule has 0 aliphatic carbocycles. The largest absolute Gasteiger partial charge is 0.399 e. The number of fused-ring (bicyclic) bond motifs is 1. The van der Waals surface area contributed by atoms with E-state index in [0.29, 0.717) is 0 Å². The molecule has 0 atom stereocenters. The Morgan fingerprint density at radius 1 is 0.885 bits per heavy atom. The summed E-state index contributed by atoms with van der Waals surface area (Å²) in [4.78, 5) is 13.9. The molecule has 0 spiro atoms. The van der Waals surface area contributed by atoms with Crippen LogP contribution in [0.25, 0.3) is 10.2 Å². The highest BCUT2D eigenvalue weighted by Crippen LogP contribution is 2.19. The average Bonchev–Trinajstić information content (AvgIpc) is 3.04. The molecule has 4 aromatic rings. The Morgan fingerprint density at radius 2 is 1.42 bits per heavy atom. The second kappa shape index (κ2) is 9.90. The van der Waals surface area contributed by atoms with Crippen LogP contribution >= 0.6 is 11.3 Å². The van der Waals surface area contributed by atoms with Crippen LogP contribution in [-0.2, 0) is 0 Å². The summed E-state index contributed by atoms with van der Waals surface area (Å²) in [5.41, 5.74) is 7.43. The van der Waals surface area contributed by atoms with Crippen LogP contribution in [0, 0.1) is 17.0 Å². The lowest BCUT2D eigenvalue weighted by Crippen LogP contribution is -1.84. The topological polar surface area (TPSA) is 82.0 Å². The molecule has 0 saturated carbocycles. The molecule has 132 valence electrons. The first-order valence-electron chi connectivity index (χ1n) is 7.88. The SMILES string of the molecule is Cc1nc2ccccc2s1.Nc1ccccc1.O=[N+]([O-])c1ccccc1. The number of nitrogens with two attached hydrogens (primary N) is 1. The third-order valence-electron chi connectivity index (χ3n) is 3.17. The van der Waals surface area contributed by atoms with Gasteiger partial charge < -0.3 is 5.73 Å². The lowest BCUT2D eigenvalue weighted by atomic mass is 10.3. The van der Waals surface area contributed by atoms with Gasteiger partial charge in [0.25, 0.3) is 5.69 Å². The highest BCUT2D eigenvalue weighted by atomic mass is 32.1. The van der Waals surface area contributed by atoms with Gasteiger partial charge in [0.05, 0.1) is 20.1 Å². The maximum atomic E-state index is 10.0. The Morgan fingerprint density at radius 3 is 1.88 bits per heavy atom. The zero-order valence-corrected chi connectivity index (χ0v) is 15.1. The Labute approximate surface area is 155 Å². The van der Waals surface area contributed by atoms with Gasteiger partial charge in [0.2, 0.25) is 0 Å². The summed E-state index contributed by atoms with van der Waals surface area (Å²) in [5, 5.41) is 11.1. The van der Waals surface area contributed by atoms with Crippen molar-refractivity contribution in [1.29, 1.82) is 0 Å². The lowest BCUT2D eigenvalue weighted by Gasteiger charge is -1.85. The summed E-state index contributed by atoms with van der Waals surface area (Å²) in [6.07, 6.45) is 0. The van der Waals surface area contributed by atoms with Crippen LogP contribution in [-0.4, -0.2) is 9.91 Å². The molecule has 1 aromatic heterocycles. The highest BCUT2D eigenvalue weighted by Gasteiger charge is 1.98.